The highest BCUT2D eigenvalue weighted by Gasteiger charge is 2.23. The summed E-state index contributed by atoms with van der Waals surface area (Å²) in [6.07, 6.45) is 0.654. The first kappa shape index (κ1) is 33.2. The molecule has 12 nitrogen and oxygen atoms in total. The zero-order valence-corrected chi connectivity index (χ0v) is 26.0. The van der Waals surface area contributed by atoms with Gasteiger partial charge in [-0.2, -0.15) is 4.98 Å². The first-order valence-electron chi connectivity index (χ1n) is 14.6. The second-order valence-corrected chi connectivity index (χ2v) is 11.6. The Morgan fingerprint density at radius 1 is 0.896 bits per heavy atom. The van der Waals surface area contributed by atoms with Crippen LogP contribution in [0.4, 0.5) is 29.9 Å². The third-order valence-corrected chi connectivity index (χ3v) is 6.70. The van der Waals surface area contributed by atoms with E-state index in [1.165, 1.54) is 36.5 Å². The summed E-state index contributed by atoms with van der Waals surface area (Å²) in [5, 5.41) is 21.0. The average molecular weight is 657 g/mol. The van der Waals surface area contributed by atoms with Crippen LogP contribution in [0.1, 0.15) is 26.3 Å². The lowest BCUT2D eigenvalue weighted by Gasteiger charge is -2.19. The second kappa shape index (κ2) is 14.1. The number of rotatable bonds is 9. The molecule has 2 heterocycles. The largest absolute Gasteiger partial charge is 0.480 e. The number of urea groups is 1. The van der Waals surface area contributed by atoms with Crippen LogP contribution in [0, 0.1) is 11.6 Å². The average Bonchev–Trinajstić information content (AvgIpc) is 3.51. The first-order valence-corrected chi connectivity index (χ1v) is 14.6. The second-order valence-electron chi connectivity index (χ2n) is 11.6. The number of nitrogens with zero attached hydrogens (tertiary/aromatic N) is 3. The molecule has 0 bridgehead atoms. The number of carbonyl (C=O) groups is 3. The number of anilines is 2. The van der Waals surface area contributed by atoms with Gasteiger partial charge in [-0.1, -0.05) is 23.4 Å². The standard InChI is InChI=1S/C34H30F2N6O6/c1-34(2,3)47-33(46)38-24-12-7-21(8-13-24)30-41-29(42-48-30)25-14-4-19(16-26(25)36)17-27(31(43)44)39-32(45)40-28-15-9-22(18-37-28)20-5-10-23(35)11-6-20/h4-16,18,27H,17H2,1-3H3,(H,38,46)(H,43,44)(H2,37,39,40,45). The molecule has 14 heteroatoms. The number of nitrogens with one attached hydrogen (secondary N) is 3. The third kappa shape index (κ3) is 8.75. The summed E-state index contributed by atoms with van der Waals surface area (Å²) in [7, 11) is 0. The predicted octanol–water partition coefficient (Wildman–Crippen LogP) is 6.91. The van der Waals surface area contributed by atoms with Crippen molar-refractivity contribution in [1.29, 1.82) is 0 Å². The van der Waals surface area contributed by atoms with Crippen LogP contribution >= 0.6 is 0 Å². The van der Waals surface area contributed by atoms with E-state index in [0.717, 1.165) is 11.6 Å². The molecule has 246 valence electrons. The van der Waals surface area contributed by atoms with Gasteiger partial charge in [0.25, 0.3) is 5.89 Å². The number of pyridine rings is 1. The van der Waals surface area contributed by atoms with E-state index in [1.54, 1.807) is 63.2 Å². The van der Waals surface area contributed by atoms with E-state index in [9.17, 15) is 23.9 Å². The molecule has 0 aliphatic heterocycles. The lowest BCUT2D eigenvalue weighted by atomic mass is 10.0. The van der Waals surface area contributed by atoms with Crippen molar-refractivity contribution in [2.45, 2.75) is 38.8 Å². The van der Waals surface area contributed by atoms with Crippen LogP contribution < -0.4 is 16.0 Å². The maximum Gasteiger partial charge on any atom is 0.412 e. The van der Waals surface area contributed by atoms with Gasteiger partial charge in [-0.25, -0.2) is 28.1 Å². The molecule has 5 rings (SSSR count). The molecule has 0 radical (unpaired) electrons. The van der Waals surface area contributed by atoms with Crippen LogP contribution in [0.2, 0.25) is 0 Å². The van der Waals surface area contributed by atoms with Crippen LogP contribution in [0.15, 0.2) is 89.6 Å². The smallest absolute Gasteiger partial charge is 0.412 e. The zero-order valence-electron chi connectivity index (χ0n) is 26.0. The van der Waals surface area contributed by atoms with Gasteiger partial charge in [0.05, 0.1) is 5.56 Å². The van der Waals surface area contributed by atoms with E-state index in [1.807, 2.05) is 0 Å². The van der Waals surface area contributed by atoms with Crippen molar-refractivity contribution >= 4 is 29.6 Å². The summed E-state index contributed by atoms with van der Waals surface area (Å²) in [5.74, 6) is -2.19. The van der Waals surface area contributed by atoms with Crippen molar-refractivity contribution < 1.29 is 37.5 Å². The third-order valence-electron chi connectivity index (χ3n) is 6.70. The fourth-order valence-electron chi connectivity index (χ4n) is 4.46. The normalized spacial score (nSPS) is 11.8. The Bertz CT molecular complexity index is 1920. The van der Waals surface area contributed by atoms with Gasteiger partial charge >= 0.3 is 18.1 Å². The van der Waals surface area contributed by atoms with Gasteiger partial charge < -0.3 is 19.7 Å². The van der Waals surface area contributed by atoms with Crippen molar-refractivity contribution in [3.8, 4) is 34.0 Å². The van der Waals surface area contributed by atoms with E-state index in [-0.39, 0.29) is 35.3 Å². The SMILES string of the molecule is CC(C)(C)OC(=O)Nc1ccc(-c2nc(-c3ccc(CC(NC(=O)Nc4ccc(-c5ccc(F)cc5)cn4)C(=O)O)cc3F)no2)cc1. The van der Waals surface area contributed by atoms with Crippen LogP contribution in [0.5, 0.6) is 0 Å². The summed E-state index contributed by atoms with van der Waals surface area (Å²) in [5.41, 5.74) is 2.08. The minimum absolute atomic E-state index is 0.0182. The quantitative estimate of drug-likeness (QED) is 0.132. The molecular weight excluding hydrogens is 626 g/mol. The van der Waals surface area contributed by atoms with Crippen molar-refractivity contribution in [3.63, 3.8) is 0 Å². The highest BCUT2D eigenvalue weighted by Crippen LogP contribution is 2.26. The molecule has 4 N–H and O–H groups in total. The molecule has 0 saturated heterocycles. The number of amides is 3. The Kier molecular flexibility index (Phi) is 9.73. The van der Waals surface area contributed by atoms with E-state index in [4.69, 9.17) is 9.26 Å². The van der Waals surface area contributed by atoms with Gasteiger partial charge in [0.1, 0.15) is 29.1 Å². The number of aromatic nitrogens is 3. The van der Waals surface area contributed by atoms with Crippen LogP contribution in [-0.2, 0) is 16.0 Å². The number of halogens is 2. The Morgan fingerprint density at radius 2 is 1.58 bits per heavy atom. The number of carboxylic acid groups (broad SMARTS) is 1. The predicted molar refractivity (Wildman–Crippen MR) is 172 cm³/mol. The molecule has 0 aliphatic carbocycles. The van der Waals surface area contributed by atoms with E-state index >= 15 is 4.39 Å². The van der Waals surface area contributed by atoms with Gasteiger partial charge in [0.2, 0.25) is 5.82 Å². The number of ether oxygens (including phenoxy) is 1. The number of hydrogen-bond donors (Lipinski definition) is 4. The van der Waals surface area contributed by atoms with Gasteiger partial charge in [0.15, 0.2) is 0 Å². The molecule has 3 aromatic carbocycles. The van der Waals surface area contributed by atoms with E-state index < -0.39 is 35.6 Å². The van der Waals surface area contributed by atoms with Crippen molar-refractivity contribution in [2.75, 3.05) is 10.6 Å². The number of carbonyl (C=O) groups excluding carboxylic acids is 2. The molecule has 48 heavy (non-hydrogen) atoms. The van der Waals surface area contributed by atoms with Crippen molar-refractivity contribution in [3.05, 3.63) is 102 Å². The first-order chi connectivity index (χ1) is 22.8. The number of aliphatic carboxylic acids is 1. The summed E-state index contributed by atoms with van der Waals surface area (Å²) in [6.45, 7) is 5.26. The molecule has 0 fully saturated rings. The number of hydrogen-bond acceptors (Lipinski definition) is 8. The zero-order chi connectivity index (χ0) is 34.4. The molecule has 0 spiro atoms. The van der Waals surface area contributed by atoms with Crippen molar-refractivity contribution in [1.82, 2.24) is 20.4 Å². The summed E-state index contributed by atoms with van der Waals surface area (Å²) < 4.78 is 38.9. The van der Waals surface area contributed by atoms with Gasteiger partial charge in [-0.05, 0) is 92.6 Å². The maximum atomic E-state index is 15.2. The Hall–Kier alpha value is -6.18. The number of carboxylic acids is 1. The molecule has 0 aliphatic rings. The van der Waals surface area contributed by atoms with Crippen LogP contribution in [0.25, 0.3) is 34.0 Å². The Balaban J connectivity index is 1.19. The highest BCUT2D eigenvalue weighted by molar-refractivity contribution is 5.91. The molecular formula is C34H30F2N6O6. The maximum absolute atomic E-state index is 15.2. The lowest BCUT2D eigenvalue weighted by Crippen LogP contribution is -2.44. The topological polar surface area (TPSA) is 169 Å². The molecule has 3 amide bonds. The minimum Gasteiger partial charge on any atom is -0.480 e. The highest BCUT2D eigenvalue weighted by atomic mass is 19.1. The monoisotopic (exact) mass is 656 g/mol. The molecule has 0 saturated carbocycles. The van der Waals surface area contributed by atoms with Crippen LogP contribution in [-0.4, -0.2) is 50.0 Å². The summed E-state index contributed by atoms with van der Waals surface area (Å²) >= 11 is 0. The fraction of sp³-hybridized carbons (Fsp3) is 0.176. The molecule has 2 aromatic heterocycles. The van der Waals surface area contributed by atoms with Crippen molar-refractivity contribution in [2.24, 2.45) is 0 Å². The van der Waals surface area contributed by atoms with Gasteiger partial charge in [0, 0.05) is 29.4 Å². The number of benzene rings is 3. The van der Waals surface area contributed by atoms with Gasteiger partial charge in [-0.3, -0.25) is 10.6 Å². The van der Waals surface area contributed by atoms with Gasteiger partial charge in [-0.15, -0.1) is 0 Å². The Morgan fingerprint density at radius 3 is 2.21 bits per heavy atom. The fourth-order valence-corrected chi connectivity index (χ4v) is 4.46. The lowest BCUT2D eigenvalue weighted by molar-refractivity contribution is -0.139. The van der Waals surface area contributed by atoms with E-state index in [2.05, 4.69) is 31.1 Å². The van der Waals surface area contributed by atoms with E-state index in [0.29, 0.717) is 22.4 Å². The van der Waals surface area contributed by atoms with Crippen LogP contribution in [0.3, 0.4) is 0 Å². The molecule has 5 aromatic rings. The Labute approximate surface area is 273 Å². The molecule has 1 atom stereocenters. The molecule has 1 unspecified atom stereocenters. The minimum atomic E-state index is -1.39. The summed E-state index contributed by atoms with van der Waals surface area (Å²) in [4.78, 5) is 44.9. The summed E-state index contributed by atoms with van der Waals surface area (Å²) in [6, 6.07) is 17.3.